The maximum Gasteiger partial charge on any atom is 0.273 e. The van der Waals surface area contributed by atoms with E-state index in [0.717, 1.165) is 0 Å². The lowest BCUT2D eigenvalue weighted by atomic mass is 10.2. The fraction of sp³-hybridized carbons (Fsp3) is 0.364. The number of pyridine rings is 1. The molecule has 2 amide bonds. The summed E-state index contributed by atoms with van der Waals surface area (Å²) in [5, 5.41) is 2.71. The number of piperazine rings is 1. The van der Waals surface area contributed by atoms with Gasteiger partial charge in [-0.05, 0) is 19.1 Å². The summed E-state index contributed by atoms with van der Waals surface area (Å²) in [6.45, 7) is 2.63. The minimum atomic E-state index is -0.484. The number of rotatable bonds is 2. The Balaban J connectivity index is 2.22. The van der Waals surface area contributed by atoms with Crippen molar-refractivity contribution in [1.29, 1.82) is 0 Å². The Hall–Kier alpha value is -2.15. The molecule has 1 saturated heterocycles. The van der Waals surface area contributed by atoms with Crippen molar-refractivity contribution in [1.82, 2.24) is 15.2 Å². The number of aromatic nitrogens is 1. The molecule has 4 N–H and O–H groups in total. The summed E-state index contributed by atoms with van der Waals surface area (Å²) in [6.07, 6.45) is 0. The molecule has 0 aromatic carbocycles. The molecule has 1 aliphatic rings. The number of hydrogen-bond acceptors (Lipinski definition) is 5. The lowest BCUT2D eigenvalue weighted by molar-refractivity contribution is -0.127. The van der Waals surface area contributed by atoms with E-state index < -0.39 is 6.04 Å². The third-order valence-electron chi connectivity index (χ3n) is 2.88. The molecule has 1 fully saturated rings. The van der Waals surface area contributed by atoms with Gasteiger partial charge in [-0.15, -0.1) is 0 Å². The molecule has 7 nitrogen and oxygen atoms in total. The smallest absolute Gasteiger partial charge is 0.273 e. The minimum absolute atomic E-state index is 0.150. The highest BCUT2D eigenvalue weighted by Gasteiger charge is 2.30. The number of nitrogen functional groups attached to an aromatic ring is 1. The van der Waals surface area contributed by atoms with Gasteiger partial charge in [0.1, 0.15) is 17.6 Å². The number of hydrazine groups is 1. The summed E-state index contributed by atoms with van der Waals surface area (Å²) in [6, 6.07) is 4.46. The standard InChI is InChI=1S/C11H15N5O2/c1-7-10(17)13-5-6-16(7)11(18)8-3-2-4-9(14-8)15-12/h2-4,7H,5-6,12H2,1H3,(H,13,17)(H,14,15). The van der Waals surface area contributed by atoms with Gasteiger partial charge in [0.2, 0.25) is 5.91 Å². The van der Waals surface area contributed by atoms with E-state index in [0.29, 0.717) is 18.9 Å². The lowest BCUT2D eigenvalue weighted by Crippen LogP contribution is -2.55. The Kier molecular flexibility index (Phi) is 3.42. The molecule has 0 radical (unpaired) electrons. The van der Waals surface area contributed by atoms with Gasteiger partial charge in [-0.25, -0.2) is 10.8 Å². The summed E-state index contributed by atoms with van der Waals surface area (Å²) >= 11 is 0. The number of carbonyl (C=O) groups excluding carboxylic acids is 2. The monoisotopic (exact) mass is 249 g/mol. The molecule has 0 spiro atoms. The van der Waals surface area contributed by atoms with Gasteiger partial charge in [0.15, 0.2) is 0 Å². The van der Waals surface area contributed by atoms with E-state index in [-0.39, 0.29) is 17.5 Å². The van der Waals surface area contributed by atoms with Crippen molar-refractivity contribution < 1.29 is 9.59 Å². The average Bonchev–Trinajstić information content (AvgIpc) is 2.41. The van der Waals surface area contributed by atoms with Gasteiger partial charge in [0.25, 0.3) is 5.91 Å². The Morgan fingerprint density at radius 2 is 2.39 bits per heavy atom. The molecule has 0 saturated carbocycles. The molecular formula is C11H15N5O2. The van der Waals surface area contributed by atoms with Crippen molar-refractivity contribution in [2.45, 2.75) is 13.0 Å². The first-order valence-corrected chi connectivity index (χ1v) is 5.66. The maximum atomic E-state index is 12.2. The summed E-state index contributed by atoms with van der Waals surface area (Å²) in [4.78, 5) is 29.3. The zero-order chi connectivity index (χ0) is 13.1. The average molecular weight is 249 g/mol. The van der Waals surface area contributed by atoms with Crippen LogP contribution in [0.5, 0.6) is 0 Å². The molecular weight excluding hydrogens is 234 g/mol. The quantitative estimate of drug-likeness (QED) is 0.476. The highest BCUT2D eigenvalue weighted by molar-refractivity contribution is 5.96. The summed E-state index contributed by atoms with van der Waals surface area (Å²) in [5.74, 6) is 5.24. The first-order chi connectivity index (χ1) is 8.63. The fourth-order valence-corrected chi connectivity index (χ4v) is 1.84. The van der Waals surface area contributed by atoms with Crippen LogP contribution < -0.4 is 16.6 Å². The largest absolute Gasteiger partial charge is 0.353 e. The summed E-state index contributed by atoms with van der Waals surface area (Å²) in [7, 11) is 0. The van der Waals surface area contributed by atoms with Crippen LogP contribution in [0.4, 0.5) is 5.82 Å². The third kappa shape index (κ3) is 2.25. The molecule has 1 aromatic heterocycles. The number of nitrogens with two attached hydrogens (primary N) is 1. The van der Waals surface area contributed by atoms with Crippen LogP contribution in [-0.4, -0.2) is 40.8 Å². The van der Waals surface area contributed by atoms with E-state index in [1.54, 1.807) is 25.1 Å². The van der Waals surface area contributed by atoms with Crippen LogP contribution in [0, 0.1) is 0 Å². The van der Waals surface area contributed by atoms with E-state index in [2.05, 4.69) is 15.7 Å². The van der Waals surface area contributed by atoms with Gasteiger partial charge >= 0.3 is 0 Å². The van der Waals surface area contributed by atoms with E-state index in [1.165, 1.54) is 4.90 Å². The van der Waals surface area contributed by atoms with Crippen LogP contribution in [0.25, 0.3) is 0 Å². The molecule has 1 unspecified atom stereocenters. The fourth-order valence-electron chi connectivity index (χ4n) is 1.84. The Morgan fingerprint density at radius 3 is 3.11 bits per heavy atom. The Morgan fingerprint density at radius 1 is 1.61 bits per heavy atom. The van der Waals surface area contributed by atoms with Gasteiger partial charge in [-0.3, -0.25) is 9.59 Å². The number of carbonyl (C=O) groups is 2. The molecule has 2 rings (SSSR count). The minimum Gasteiger partial charge on any atom is -0.353 e. The Labute approximate surface area is 104 Å². The van der Waals surface area contributed by atoms with Crippen LogP contribution in [0.15, 0.2) is 18.2 Å². The second-order valence-corrected chi connectivity index (χ2v) is 4.02. The number of amides is 2. The molecule has 7 heteroatoms. The van der Waals surface area contributed by atoms with Crippen LogP contribution in [0.3, 0.4) is 0 Å². The molecule has 96 valence electrons. The third-order valence-corrected chi connectivity index (χ3v) is 2.88. The van der Waals surface area contributed by atoms with Crippen molar-refractivity contribution in [3.8, 4) is 0 Å². The number of nitrogens with zero attached hydrogens (tertiary/aromatic N) is 2. The lowest BCUT2D eigenvalue weighted by Gasteiger charge is -2.32. The van der Waals surface area contributed by atoms with Gasteiger partial charge in [-0.2, -0.15) is 0 Å². The SMILES string of the molecule is CC1C(=O)NCCN1C(=O)c1cccc(NN)n1. The maximum absolute atomic E-state index is 12.2. The first kappa shape index (κ1) is 12.3. The van der Waals surface area contributed by atoms with Crippen LogP contribution >= 0.6 is 0 Å². The topological polar surface area (TPSA) is 100 Å². The number of nitrogens with one attached hydrogen (secondary N) is 2. The highest BCUT2D eigenvalue weighted by Crippen LogP contribution is 2.11. The van der Waals surface area contributed by atoms with Crippen molar-refractivity contribution in [2.24, 2.45) is 5.84 Å². The summed E-state index contributed by atoms with van der Waals surface area (Å²) in [5.41, 5.74) is 2.65. The van der Waals surface area contributed by atoms with Gasteiger partial charge in [0.05, 0.1) is 0 Å². The van der Waals surface area contributed by atoms with Gasteiger partial charge < -0.3 is 15.6 Å². The molecule has 1 atom stereocenters. The zero-order valence-electron chi connectivity index (χ0n) is 10.0. The molecule has 18 heavy (non-hydrogen) atoms. The molecule has 2 heterocycles. The number of anilines is 1. The van der Waals surface area contributed by atoms with E-state index >= 15 is 0 Å². The zero-order valence-corrected chi connectivity index (χ0v) is 10.0. The molecule has 0 aliphatic carbocycles. The van der Waals surface area contributed by atoms with Crippen LogP contribution in [0.2, 0.25) is 0 Å². The van der Waals surface area contributed by atoms with Crippen molar-refractivity contribution in [3.05, 3.63) is 23.9 Å². The predicted molar refractivity (Wildman–Crippen MR) is 65.6 cm³/mol. The van der Waals surface area contributed by atoms with Crippen molar-refractivity contribution >= 4 is 17.6 Å². The van der Waals surface area contributed by atoms with Gasteiger partial charge in [0, 0.05) is 13.1 Å². The first-order valence-electron chi connectivity index (χ1n) is 5.66. The van der Waals surface area contributed by atoms with Crippen molar-refractivity contribution in [2.75, 3.05) is 18.5 Å². The number of hydrogen-bond donors (Lipinski definition) is 3. The normalized spacial score (nSPS) is 19.3. The van der Waals surface area contributed by atoms with Gasteiger partial charge in [-0.1, -0.05) is 6.07 Å². The molecule has 1 aromatic rings. The van der Waals surface area contributed by atoms with E-state index in [4.69, 9.17) is 5.84 Å². The molecule has 0 bridgehead atoms. The molecule has 1 aliphatic heterocycles. The second kappa shape index (κ2) is 5.01. The summed E-state index contributed by atoms with van der Waals surface area (Å²) < 4.78 is 0. The van der Waals surface area contributed by atoms with E-state index in [1.807, 2.05) is 0 Å². The van der Waals surface area contributed by atoms with E-state index in [9.17, 15) is 9.59 Å². The Bertz CT molecular complexity index is 476. The van der Waals surface area contributed by atoms with Crippen LogP contribution in [0.1, 0.15) is 17.4 Å². The van der Waals surface area contributed by atoms with Crippen molar-refractivity contribution in [3.63, 3.8) is 0 Å². The highest BCUT2D eigenvalue weighted by atomic mass is 16.2. The van der Waals surface area contributed by atoms with Crippen LogP contribution in [-0.2, 0) is 4.79 Å². The second-order valence-electron chi connectivity index (χ2n) is 4.02. The predicted octanol–water partition coefficient (Wildman–Crippen LogP) is -0.672.